The van der Waals surface area contributed by atoms with Gasteiger partial charge >= 0.3 is 0 Å². The molecule has 1 aromatic carbocycles. The highest BCUT2D eigenvalue weighted by molar-refractivity contribution is 5.87. The van der Waals surface area contributed by atoms with Gasteiger partial charge in [0.2, 0.25) is 5.91 Å². The van der Waals surface area contributed by atoms with Crippen molar-refractivity contribution in [2.24, 2.45) is 22.9 Å². The van der Waals surface area contributed by atoms with E-state index in [0.29, 0.717) is 11.8 Å². The van der Waals surface area contributed by atoms with E-state index in [1.165, 1.54) is 42.4 Å². The van der Waals surface area contributed by atoms with Crippen LogP contribution in [0.4, 0.5) is 0 Å². The van der Waals surface area contributed by atoms with Gasteiger partial charge in [0.05, 0.1) is 6.21 Å². The summed E-state index contributed by atoms with van der Waals surface area (Å²) < 4.78 is 0. The van der Waals surface area contributed by atoms with E-state index in [1.54, 1.807) is 6.21 Å². The van der Waals surface area contributed by atoms with Gasteiger partial charge in [-0.1, -0.05) is 30.5 Å². The van der Waals surface area contributed by atoms with E-state index in [9.17, 15) is 4.79 Å². The number of hydrazone groups is 1. The van der Waals surface area contributed by atoms with E-state index in [2.05, 4.69) is 43.4 Å². The van der Waals surface area contributed by atoms with Crippen LogP contribution in [0.15, 0.2) is 17.2 Å². The van der Waals surface area contributed by atoms with Crippen LogP contribution in [0.3, 0.4) is 0 Å². The average molecular weight is 284 g/mol. The van der Waals surface area contributed by atoms with E-state index < -0.39 is 0 Å². The summed E-state index contributed by atoms with van der Waals surface area (Å²) in [5.41, 5.74) is 7.51. The van der Waals surface area contributed by atoms with Crippen LogP contribution in [-0.4, -0.2) is 12.1 Å². The molecule has 21 heavy (non-hydrogen) atoms. The maximum atomic E-state index is 12.2. The predicted molar refractivity (Wildman–Crippen MR) is 85.3 cm³/mol. The molecule has 112 valence electrons. The molecular formula is C18H24N2O. The fraction of sp³-hybridized carbons (Fsp3) is 0.556. The monoisotopic (exact) mass is 284 g/mol. The topological polar surface area (TPSA) is 41.5 Å². The lowest BCUT2D eigenvalue weighted by Crippen LogP contribution is -2.21. The Morgan fingerprint density at radius 3 is 2.29 bits per heavy atom. The standard InChI is InChI=1S/C18H24N2O/c1-11-8-12(2)16(13(3)9-11)10-19-20-18(21)17-14-6-4-5-7-15(14)17/h8-10,14-15,17H,4-7H2,1-3H3,(H,20,21)/b19-10-/t14-,15-/m0/s1. The lowest BCUT2D eigenvalue weighted by Gasteiger charge is -2.06. The minimum Gasteiger partial charge on any atom is -0.273 e. The Morgan fingerprint density at radius 2 is 1.71 bits per heavy atom. The van der Waals surface area contributed by atoms with Crippen molar-refractivity contribution in [1.29, 1.82) is 0 Å². The molecule has 2 fully saturated rings. The smallest absolute Gasteiger partial charge is 0.243 e. The van der Waals surface area contributed by atoms with Gasteiger partial charge in [0, 0.05) is 11.5 Å². The second-order valence-corrected chi connectivity index (χ2v) is 6.68. The molecule has 0 aromatic heterocycles. The summed E-state index contributed by atoms with van der Waals surface area (Å²) in [4.78, 5) is 12.2. The summed E-state index contributed by atoms with van der Waals surface area (Å²) in [6, 6.07) is 4.29. The molecule has 3 heteroatoms. The van der Waals surface area contributed by atoms with Gasteiger partial charge < -0.3 is 0 Å². The van der Waals surface area contributed by atoms with Crippen molar-refractivity contribution in [3.8, 4) is 0 Å². The Bertz CT molecular complexity index is 556. The Hall–Kier alpha value is -1.64. The van der Waals surface area contributed by atoms with Gasteiger partial charge in [-0.3, -0.25) is 4.79 Å². The SMILES string of the molecule is Cc1cc(C)c(/C=N\NC(=O)C2[C@H]3CCCC[C@H]23)c(C)c1. The molecule has 1 aromatic rings. The molecule has 2 aliphatic carbocycles. The number of carbonyl (C=O) groups is 1. The van der Waals surface area contributed by atoms with E-state index in [-0.39, 0.29) is 11.8 Å². The molecular weight excluding hydrogens is 260 g/mol. The first-order chi connectivity index (χ1) is 10.1. The highest BCUT2D eigenvalue weighted by Crippen LogP contribution is 2.55. The lowest BCUT2D eigenvalue weighted by atomic mass is 10.0. The summed E-state index contributed by atoms with van der Waals surface area (Å²) in [7, 11) is 0. The van der Waals surface area contributed by atoms with Gasteiger partial charge in [0.1, 0.15) is 0 Å². The summed E-state index contributed by atoms with van der Waals surface area (Å²) in [6.07, 6.45) is 6.81. The fourth-order valence-corrected chi connectivity index (χ4v) is 4.01. The van der Waals surface area contributed by atoms with Crippen LogP contribution >= 0.6 is 0 Å². The Morgan fingerprint density at radius 1 is 1.14 bits per heavy atom. The normalized spacial score (nSPS) is 27.5. The van der Waals surface area contributed by atoms with Crippen LogP contribution < -0.4 is 5.43 Å². The maximum Gasteiger partial charge on any atom is 0.243 e. The van der Waals surface area contributed by atoms with Crippen LogP contribution in [0, 0.1) is 38.5 Å². The lowest BCUT2D eigenvalue weighted by molar-refractivity contribution is -0.122. The van der Waals surface area contributed by atoms with Crippen molar-refractivity contribution >= 4 is 12.1 Å². The zero-order chi connectivity index (χ0) is 15.0. The Kier molecular flexibility index (Phi) is 3.83. The van der Waals surface area contributed by atoms with Gasteiger partial charge in [-0.25, -0.2) is 5.43 Å². The fourth-order valence-electron chi connectivity index (χ4n) is 4.01. The van der Waals surface area contributed by atoms with Gasteiger partial charge in [-0.05, 0) is 56.6 Å². The first-order valence-electron chi connectivity index (χ1n) is 7.98. The Labute approximate surface area is 126 Å². The zero-order valence-electron chi connectivity index (χ0n) is 13.1. The minimum atomic E-state index is 0.116. The Balaban J connectivity index is 1.61. The van der Waals surface area contributed by atoms with Crippen molar-refractivity contribution in [3.63, 3.8) is 0 Å². The van der Waals surface area contributed by atoms with Crippen LogP contribution in [0.5, 0.6) is 0 Å². The van der Waals surface area contributed by atoms with E-state index in [1.807, 2.05) is 0 Å². The number of carbonyl (C=O) groups excluding carboxylic acids is 1. The van der Waals surface area contributed by atoms with Crippen molar-refractivity contribution in [1.82, 2.24) is 5.43 Å². The molecule has 0 radical (unpaired) electrons. The quantitative estimate of drug-likeness (QED) is 0.670. The molecule has 0 aliphatic heterocycles. The number of nitrogens with zero attached hydrogens (tertiary/aromatic N) is 1. The molecule has 0 heterocycles. The largest absolute Gasteiger partial charge is 0.273 e. The van der Waals surface area contributed by atoms with E-state index in [4.69, 9.17) is 0 Å². The number of nitrogens with one attached hydrogen (secondary N) is 1. The predicted octanol–water partition coefficient (Wildman–Crippen LogP) is 3.50. The van der Waals surface area contributed by atoms with Gasteiger partial charge in [-0.2, -0.15) is 5.10 Å². The highest BCUT2D eigenvalue weighted by atomic mass is 16.2. The van der Waals surface area contributed by atoms with E-state index >= 15 is 0 Å². The maximum absolute atomic E-state index is 12.2. The highest BCUT2D eigenvalue weighted by Gasteiger charge is 2.54. The first-order valence-corrected chi connectivity index (χ1v) is 7.98. The summed E-state index contributed by atoms with van der Waals surface area (Å²) >= 11 is 0. The summed E-state index contributed by atoms with van der Waals surface area (Å²) in [5, 5.41) is 4.19. The third-order valence-corrected chi connectivity index (χ3v) is 5.07. The summed E-state index contributed by atoms with van der Waals surface area (Å²) in [5.74, 6) is 1.61. The molecule has 1 amide bonds. The molecule has 3 rings (SSSR count). The third-order valence-electron chi connectivity index (χ3n) is 5.07. The van der Waals surface area contributed by atoms with Crippen molar-refractivity contribution < 1.29 is 4.79 Å². The second-order valence-electron chi connectivity index (χ2n) is 6.68. The average Bonchev–Trinajstić information content (AvgIpc) is 3.15. The van der Waals surface area contributed by atoms with Crippen LogP contribution in [0.2, 0.25) is 0 Å². The number of fused-ring (bicyclic) bond motifs is 1. The number of benzene rings is 1. The second kappa shape index (κ2) is 5.63. The molecule has 0 spiro atoms. The molecule has 0 saturated heterocycles. The first kappa shape index (κ1) is 14.3. The minimum absolute atomic E-state index is 0.116. The number of hydrogen-bond donors (Lipinski definition) is 1. The van der Waals surface area contributed by atoms with Crippen LogP contribution in [0.25, 0.3) is 0 Å². The number of amides is 1. The molecule has 2 aliphatic rings. The third kappa shape index (κ3) is 2.87. The molecule has 2 atom stereocenters. The van der Waals surface area contributed by atoms with Crippen LogP contribution in [-0.2, 0) is 4.79 Å². The van der Waals surface area contributed by atoms with Crippen molar-refractivity contribution in [3.05, 3.63) is 34.4 Å². The molecule has 1 N–H and O–H groups in total. The van der Waals surface area contributed by atoms with Gasteiger partial charge in [0.15, 0.2) is 0 Å². The molecule has 2 saturated carbocycles. The number of rotatable bonds is 3. The molecule has 0 unspecified atom stereocenters. The van der Waals surface area contributed by atoms with Crippen LogP contribution in [0.1, 0.15) is 47.9 Å². The zero-order valence-corrected chi connectivity index (χ0v) is 13.1. The molecule has 3 nitrogen and oxygen atoms in total. The molecule has 0 bridgehead atoms. The van der Waals surface area contributed by atoms with E-state index in [0.717, 1.165) is 5.56 Å². The van der Waals surface area contributed by atoms with Gasteiger partial charge in [0.25, 0.3) is 0 Å². The number of hydrogen-bond acceptors (Lipinski definition) is 2. The number of aryl methyl sites for hydroxylation is 3. The van der Waals surface area contributed by atoms with Gasteiger partial charge in [-0.15, -0.1) is 0 Å². The van der Waals surface area contributed by atoms with Crippen molar-refractivity contribution in [2.75, 3.05) is 0 Å². The van der Waals surface area contributed by atoms with Crippen molar-refractivity contribution in [2.45, 2.75) is 46.5 Å². The summed E-state index contributed by atoms with van der Waals surface area (Å²) in [6.45, 7) is 6.26.